The number of carbonyl (C=O) groups excluding carboxylic acids is 2. The van der Waals surface area contributed by atoms with E-state index in [1.54, 1.807) is 26.8 Å². The first kappa shape index (κ1) is 18.3. The molecule has 0 bridgehead atoms. The number of benzene rings is 1. The summed E-state index contributed by atoms with van der Waals surface area (Å²) in [6, 6.07) is 5.57. The van der Waals surface area contributed by atoms with Gasteiger partial charge in [-0.2, -0.15) is 0 Å². The smallest absolute Gasteiger partial charge is 0.342 e. The molecule has 1 atom stereocenters. The molecule has 1 amide bonds. The lowest BCUT2D eigenvalue weighted by atomic mass is 10.1. The largest absolute Gasteiger partial charge is 0.465 e. The van der Waals surface area contributed by atoms with Gasteiger partial charge in [0, 0.05) is 10.0 Å². The van der Waals surface area contributed by atoms with Crippen LogP contribution < -0.4 is 5.32 Å². The van der Waals surface area contributed by atoms with Crippen LogP contribution in [0.15, 0.2) is 27.1 Å². The summed E-state index contributed by atoms with van der Waals surface area (Å²) in [5.74, 6) is 0.194. The number of hydrogen-bond donors (Lipinski definition) is 1. The summed E-state index contributed by atoms with van der Waals surface area (Å²) in [7, 11) is 0. The van der Waals surface area contributed by atoms with Gasteiger partial charge >= 0.3 is 5.97 Å². The average molecular weight is 394 g/mol. The topological polar surface area (TPSA) is 68.5 Å². The minimum Gasteiger partial charge on any atom is -0.465 e. The van der Waals surface area contributed by atoms with Crippen molar-refractivity contribution >= 4 is 33.5 Å². The zero-order valence-corrected chi connectivity index (χ0v) is 15.9. The van der Waals surface area contributed by atoms with E-state index in [0.29, 0.717) is 22.8 Å². The summed E-state index contributed by atoms with van der Waals surface area (Å²) in [5.41, 5.74) is 2.80. The maximum absolute atomic E-state index is 12.3. The fourth-order valence-electron chi connectivity index (χ4n) is 2.32. The van der Waals surface area contributed by atoms with Gasteiger partial charge in [0.25, 0.3) is 5.91 Å². The second-order valence-electron chi connectivity index (χ2n) is 5.73. The Bertz CT molecular complexity index is 795. The minimum absolute atomic E-state index is 0.378. The normalized spacial score (nSPS) is 11.9. The van der Waals surface area contributed by atoms with Crippen LogP contribution in [-0.2, 0) is 9.53 Å². The highest BCUT2D eigenvalue weighted by Crippen LogP contribution is 2.24. The van der Waals surface area contributed by atoms with Crippen LogP contribution in [0.2, 0.25) is 0 Å². The summed E-state index contributed by atoms with van der Waals surface area (Å²) in [4.78, 5) is 24.6. The molecule has 0 fully saturated rings. The summed E-state index contributed by atoms with van der Waals surface area (Å²) < 4.78 is 11.5. The number of aryl methyl sites for hydroxylation is 3. The molecule has 2 aromatic rings. The Morgan fingerprint density at radius 2 is 1.83 bits per heavy atom. The predicted molar refractivity (Wildman–Crippen MR) is 95.3 cm³/mol. The van der Waals surface area contributed by atoms with Crippen LogP contribution >= 0.6 is 15.9 Å². The van der Waals surface area contributed by atoms with Crippen LogP contribution in [0.5, 0.6) is 0 Å². The van der Waals surface area contributed by atoms with Crippen molar-refractivity contribution in [2.45, 2.75) is 40.7 Å². The standard InChI is InChI=1S/C18H20BrNO4/c1-9-6-7-15(14(19)8-9)20-17(21)13(5)24-18(22)16-10(2)11(3)23-12(16)4/h6-8,13H,1-5H3,(H,20,21)/t13-/m1/s1. The molecular formula is C18H20BrNO4. The van der Waals surface area contributed by atoms with Crippen molar-refractivity contribution < 1.29 is 18.7 Å². The average Bonchev–Trinajstić information content (AvgIpc) is 2.74. The predicted octanol–water partition coefficient (Wildman–Crippen LogP) is 4.46. The van der Waals surface area contributed by atoms with Gasteiger partial charge in [0.05, 0.1) is 5.69 Å². The molecule has 0 aliphatic heterocycles. The van der Waals surface area contributed by atoms with Crippen molar-refractivity contribution in [2.24, 2.45) is 0 Å². The number of rotatable bonds is 4. The molecule has 0 unspecified atom stereocenters. The van der Waals surface area contributed by atoms with E-state index in [4.69, 9.17) is 9.15 Å². The Morgan fingerprint density at radius 3 is 2.38 bits per heavy atom. The van der Waals surface area contributed by atoms with E-state index in [2.05, 4.69) is 21.2 Å². The number of furan rings is 1. The first-order valence-corrected chi connectivity index (χ1v) is 8.34. The quantitative estimate of drug-likeness (QED) is 0.778. The number of anilines is 1. The molecule has 6 heteroatoms. The first-order valence-electron chi connectivity index (χ1n) is 7.55. The van der Waals surface area contributed by atoms with Gasteiger partial charge < -0.3 is 14.5 Å². The SMILES string of the molecule is Cc1ccc(NC(=O)[C@@H](C)OC(=O)c2c(C)oc(C)c2C)c(Br)c1. The molecule has 5 nitrogen and oxygen atoms in total. The summed E-state index contributed by atoms with van der Waals surface area (Å²) in [5, 5.41) is 2.74. The molecule has 24 heavy (non-hydrogen) atoms. The van der Waals surface area contributed by atoms with Gasteiger partial charge in [-0.25, -0.2) is 4.79 Å². The zero-order valence-electron chi connectivity index (χ0n) is 14.3. The lowest BCUT2D eigenvalue weighted by Crippen LogP contribution is -2.30. The van der Waals surface area contributed by atoms with Gasteiger partial charge in [-0.15, -0.1) is 0 Å². The van der Waals surface area contributed by atoms with E-state index in [0.717, 1.165) is 15.6 Å². The van der Waals surface area contributed by atoms with E-state index < -0.39 is 18.0 Å². The molecule has 1 aromatic heterocycles. The van der Waals surface area contributed by atoms with Crippen molar-refractivity contribution in [1.82, 2.24) is 0 Å². The van der Waals surface area contributed by atoms with E-state index in [1.807, 2.05) is 19.1 Å². The molecule has 0 radical (unpaired) electrons. The molecular weight excluding hydrogens is 374 g/mol. The summed E-state index contributed by atoms with van der Waals surface area (Å²) in [6.45, 7) is 8.76. The van der Waals surface area contributed by atoms with E-state index >= 15 is 0 Å². The molecule has 0 spiro atoms. The zero-order chi connectivity index (χ0) is 18.0. The van der Waals surface area contributed by atoms with Crippen LogP contribution in [0.3, 0.4) is 0 Å². The maximum atomic E-state index is 12.3. The molecule has 1 heterocycles. The van der Waals surface area contributed by atoms with E-state index in [1.165, 1.54) is 6.92 Å². The van der Waals surface area contributed by atoms with Crippen LogP contribution in [0, 0.1) is 27.7 Å². The second kappa shape index (κ2) is 7.21. The van der Waals surface area contributed by atoms with E-state index in [-0.39, 0.29) is 0 Å². The lowest BCUT2D eigenvalue weighted by Gasteiger charge is -2.14. The van der Waals surface area contributed by atoms with Gasteiger partial charge in [0.15, 0.2) is 6.10 Å². The van der Waals surface area contributed by atoms with Crippen LogP contribution in [0.25, 0.3) is 0 Å². The number of esters is 1. The monoisotopic (exact) mass is 393 g/mol. The molecule has 0 aliphatic rings. The Labute approximate surface area is 149 Å². The molecule has 0 aliphatic carbocycles. The molecule has 128 valence electrons. The Morgan fingerprint density at radius 1 is 1.17 bits per heavy atom. The third-order valence-electron chi connectivity index (χ3n) is 3.80. The Balaban J connectivity index is 2.07. The third-order valence-corrected chi connectivity index (χ3v) is 4.46. The third kappa shape index (κ3) is 3.87. The molecule has 0 saturated heterocycles. The number of ether oxygens (including phenoxy) is 1. The van der Waals surface area contributed by atoms with Gasteiger partial charge in [-0.1, -0.05) is 6.07 Å². The van der Waals surface area contributed by atoms with E-state index in [9.17, 15) is 9.59 Å². The van der Waals surface area contributed by atoms with Crippen LogP contribution in [0.1, 0.15) is 39.9 Å². The number of hydrogen-bond acceptors (Lipinski definition) is 4. The van der Waals surface area contributed by atoms with Crippen LogP contribution in [-0.4, -0.2) is 18.0 Å². The number of carbonyl (C=O) groups is 2. The molecule has 0 saturated carbocycles. The fraction of sp³-hybridized carbons (Fsp3) is 0.333. The van der Waals surface area contributed by atoms with Gasteiger partial charge in [0.1, 0.15) is 17.1 Å². The highest BCUT2D eigenvalue weighted by molar-refractivity contribution is 9.10. The summed E-state index contributed by atoms with van der Waals surface area (Å²) in [6.07, 6.45) is -0.931. The molecule has 2 rings (SSSR count). The molecule has 1 aromatic carbocycles. The minimum atomic E-state index is -0.931. The highest BCUT2D eigenvalue weighted by atomic mass is 79.9. The lowest BCUT2D eigenvalue weighted by molar-refractivity contribution is -0.123. The van der Waals surface area contributed by atoms with Crippen molar-refractivity contribution in [2.75, 3.05) is 5.32 Å². The first-order chi connectivity index (χ1) is 11.2. The number of nitrogens with one attached hydrogen (secondary N) is 1. The maximum Gasteiger partial charge on any atom is 0.342 e. The number of halogens is 1. The van der Waals surface area contributed by atoms with Crippen LogP contribution in [0.4, 0.5) is 5.69 Å². The molecule has 1 N–H and O–H groups in total. The number of amides is 1. The van der Waals surface area contributed by atoms with Crippen molar-refractivity contribution in [3.05, 3.63) is 50.9 Å². The highest BCUT2D eigenvalue weighted by Gasteiger charge is 2.24. The van der Waals surface area contributed by atoms with Crippen molar-refractivity contribution in [3.8, 4) is 0 Å². The van der Waals surface area contributed by atoms with Gasteiger partial charge in [-0.3, -0.25) is 4.79 Å². The Hall–Kier alpha value is -2.08. The Kier molecular flexibility index (Phi) is 5.49. The van der Waals surface area contributed by atoms with Gasteiger partial charge in [0.2, 0.25) is 0 Å². The van der Waals surface area contributed by atoms with Crippen molar-refractivity contribution in [1.29, 1.82) is 0 Å². The van der Waals surface area contributed by atoms with Crippen molar-refractivity contribution in [3.63, 3.8) is 0 Å². The summed E-state index contributed by atoms with van der Waals surface area (Å²) >= 11 is 3.40. The van der Waals surface area contributed by atoms with Gasteiger partial charge in [-0.05, 0) is 68.2 Å². The second-order valence-corrected chi connectivity index (χ2v) is 6.59. The fourth-order valence-corrected chi connectivity index (χ4v) is 2.92.